The Morgan fingerprint density at radius 3 is 3.14 bits per heavy atom. The van der Waals surface area contributed by atoms with E-state index in [0.29, 0.717) is 11.3 Å². The zero-order chi connectivity index (χ0) is 10.1. The highest BCUT2D eigenvalue weighted by Gasteiger charge is 2.03. The smallest absolute Gasteiger partial charge is 0.179 e. The summed E-state index contributed by atoms with van der Waals surface area (Å²) in [6.45, 7) is 6.35. The van der Waals surface area contributed by atoms with Gasteiger partial charge in [-0.3, -0.25) is 4.57 Å². The van der Waals surface area contributed by atoms with Gasteiger partial charge >= 0.3 is 0 Å². The van der Waals surface area contributed by atoms with E-state index < -0.39 is 0 Å². The predicted octanol–water partition coefficient (Wildman–Crippen LogP) is 2.59. The van der Waals surface area contributed by atoms with E-state index in [1.165, 1.54) is 0 Å². The maximum Gasteiger partial charge on any atom is 0.179 e. The van der Waals surface area contributed by atoms with Crippen LogP contribution in [-0.2, 0) is 6.54 Å². The molecule has 2 aromatic rings. The Bertz CT molecular complexity index is 536. The number of rotatable bonds is 2. The van der Waals surface area contributed by atoms with Gasteiger partial charge in [0.25, 0.3) is 0 Å². The Morgan fingerprint density at radius 2 is 2.43 bits per heavy atom. The molecular weight excluding hydrogens is 194 g/mol. The summed E-state index contributed by atoms with van der Waals surface area (Å²) in [5, 5.41) is 0. The molecule has 0 amide bonds. The molecule has 2 aromatic heterocycles. The molecule has 4 heteroatoms. The van der Waals surface area contributed by atoms with Crippen molar-refractivity contribution in [1.82, 2.24) is 14.5 Å². The lowest BCUT2D eigenvalue weighted by atomic mass is 10.3. The third-order valence-corrected chi connectivity index (χ3v) is 2.39. The van der Waals surface area contributed by atoms with Gasteiger partial charge in [-0.05, 0) is 31.3 Å². The highest BCUT2D eigenvalue weighted by atomic mass is 32.1. The van der Waals surface area contributed by atoms with Crippen molar-refractivity contribution in [3.8, 4) is 0 Å². The Hall–Kier alpha value is -1.42. The molecule has 0 aliphatic heterocycles. The summed E-state index contributed by atoms with van der Waals surface area (Å²) in [7, 11) is 0. The number of allylic oxidation sites excluding steroid dienone is 1. The highest BCUT2D eigenvalue weighted by molar-refractivity contribution is 7.71. The lowest BCUT2D eigenvalue weighted by Gasteiger charge is -1.98. The summed E-state index contributed by atoms with van der Waals surface area (Å²) in [4.78, 5) is 7.54. The van der Waals surface area contributed by atoms with E-state index >= 15 is 0 Å². The first-order valence-corrected chi connectivity index (χ1v) is 4.80. The number of H-pyrrole nitrogens is 1. The van der Waals surface area contributed by atoms with Crippen LogP contribution in [-0.4, -0.2) is 14.5 Å². The van der Waals surface area contributed by atoms with Gasteiger partial charge in [-0.25, -0.2) is 4.98 Å². The lowest BCUT2D eigenvalue weighted by Crippen LogP contribution is -1.96. The summed E-state index contributed by atoms with van der Waals surface area (Å²) in [5.41, 5.74) is 2.86. The summed E-state index contributed by atoms with van der Waals surface area (Å²) >= 11 is 5.18. The van der Waals surface area contributed by atoms with E-state index in [-0.39, 0.29) is 0 Å². The van der Waals surface area contributed by atoms with Crippen LogP contribution in [0.1, 0.15) is 5.69 Å². The van der Waals surface area contributed by atoms with E-state index in [1.807, 2.05) is 29.7 Å². The summed E-state index contributed by atoms with van der Waals surface area (Å²) < 4.78 is 2.63. The number of aryl methyl sites for hydroxylation is 1. The van der Waals surface area contributed by atoms with Crippen molar-refractivity contribution in [3.05, 3.63) is 35.3 Å². The van der Waals surface area contributed by atoms with Gasteiger partial charge in [0.1, 0.15) is 0 Å². The molecule has 14 heavy (non-hydrogen) atoms. The van der Waals surface area contributed by atoms with Gasteiger partial charge in [-0.1, -0.05) is 6.08 Å². The minimum Gasteiger partial charge on any atom is -0.329 e. The Balaban J connectivity index is 2.79. The Labute approximate surface area is 87.1 Å². The fraction of sp³-hybridized carbons (Fsp3) is 0.200. The molecule has 0 aliphatic carbocycles. The first-order valence-electron chi connectivity index (χ1n) is 4.39. The van der Waals surface area contributed by atoms with Crippen molar-refractivity contribution >= 4 is 23.4 Å². The molecule has 72 valence electrons. The molecule has 2 rings (SSSR count). The molecule has 0 fully saturated rings. The Morgan fingerprint density at radius 1 is 1.64 bits per heavy atom. The molecule has 0 saturated heterocycles. The van der Waals surface area contributed by atoms with E-state index in [2.05, 4.69) is 16.5 Å². The zero-order valence-electron chi connectivity index (χ0n) is 7.95. The van der Waals surface area contributed by atoms with Gasteiger partial charge in [-0.2, -0.15) is 0 Å². The molecule has 2 heterocycles. The van der Waals surface area contributed by atoms with Crippen LogP contribution in [0.5, 0.6) is 0 Å². The molecule has 0 spiro atoms. The van der Waals surface area contributed by atoms with Crippen LogP contribution in [0, 0.1) is 11.7 Å². The summed E-state index contributed by atoms with van der Waals surface area (Å²) in [6, 6.07) is 3.96. The maximum atomic E-state index is 5.18. The predicted molar refractivity (Wildman–Crippen MR) is 59.9 cm³/mol. The molecule has 1 N–H and O–H groups in total. The van der Waals surface area contributed by atoms with Crippen LogP contribution in [0.15, 0.2) is 24.8 Å². The van der Waals surface area contributed by atoms with Crippen molar-refractivity contribution in [1.29, 1.82) is 0 Å². The standard InChI is InChI=1S/C10H11N3S/c1-3-6-13-9-8(12-10(13)14)5-4-7(2)11-9/h3-5H,1,6H2,2H3,(H,12,14). The van der Waals surface area contributed by atoms with Crippen molar-refractivity contribution in [2.75, 3.05) is 0 Å². The number of pyridine rings is 1. The first-order chi connectivity index (χ1) is 6.72. The number of hydrogen-bond acceptors (Lipinski definition) is 2. The second kappa shape index (κ2) is 3.38. The quantitative estimate of drug-likeness (QED) is 0.604. The molecule has 0 bridgehead atoms. The summed E-state index contributed by atoms with van der Waals surface area (Å²) in [6.07, 6.45) is 1.81. The number of aromatic nitrogens is 3. The monoisotopic (exact) mass is 205 g/mol. The topological polar surface area (TPSA) is 33.6 Å². The van der Waals surface area contributed by atoms with Crippen molar-refractivity contribution < 1.29 is 0 Å². The molecule has 0 radical (unpaired) electrons. The number of fused-ring (bicyclic) bond motifs is 1. The molecule has 0 aromatic carbocycles. The van der Waals surface area contributed by atoms with Gasteiger partial charge in [-0.15, -0.1) is 6.58 Å². The van der Waals surface area contributed by atoms with Crippen molar-refractivity contribution in [2.24, 2.45) is 0 Å². The number of hydrogen-bond donors (Lipinski definition) is 1. The first kappa shape index (κ1) is 9.15. The fourth-order valence-corrected chi connectivity index (χ4v) is 1.69. The Kier molecular flexibility index (Phi) is 2.21. The van der Waals surface area contributed by atoms with E-state index in [4.69, 9.17) is 12.2 Å². The van der Waals surface area contributed by atoms with Crippen LogP contribution in [0.2, 0.25) is 0 Å². The van der Waals surface area contributed by atoms with Gasteiger partial charge in [0.15, 0.2) is 10.4 Å². The maximum absolute atomic E-state index is 5.18. The van der Waals surface area contributed by atoms with Crippen molar-refractivity contribution in [3.63, 3.8) is 0 Å². The van der Waals surface area contributed by atoms with Gasteiger partial charge < -0.3 is 4.98 Å². The number of imidazole rings is 1. The second-order valence-electron chi connectivity index (χ2n) is 3.15. The number of nitrogens with one attached hydrogen (secondary N) is 1. The molecule has 0 unspecified atom stereocenters. The lowest BCUT2D eigenvalue weighted by molar-refractivity contribution is 0.823. The molecule has 0 saturated carbocycles. The minimum atomic E-state index is 0.690. The zero-order valence-corrected chi connectivity index (χ0v) is 8.77. The molecule has 0 atom stereocenters. The van der Waals surface area contributed by atoms with E-state index in [0.717, 1.165) is 16.9 Å². The van der Waals surface area contributed by atoms with Crippen LogP contribution >= 0.6 is 12.2 Å². The largest absolute Gasteiger partial charge is 0.329 e. The van der Waals surface area contributed by atoms with Gasteiger partial charge in [0.05, 0.1) is 5.52 Å². The van der Waals surface area contributed by atoms with Gasteiger partial charge in [0.2, 0.25) is 0 Å². The number of nitrogens with zero attached hydrogens (tertiary/aromatic N) is 2. The normalized spacial score (nSPS) is 10.6. The van der Waals surface area contributed by atoms with E-state index in [1.54, 1.807) is 0 Å². The average Bonchev–Trinajstić information content (AvgIpc) is 2.45. The molecular formula is C10H11N3S. The van der Waals surface area contributed by atoms with Crippen molar-refractivity contribution in [2.45, 2.75) is 13.5 Å². The van der Waals surface area contributed by atoms with E-state index in [9.17, 15) is 0 Å². The fourth-order valence-electron chi connectivity index (χ4n) is 1.42. The third kappa shape index (κ3) is 1.37. The second-order valence-corrected chi connectivity index (χ2v) is 3.54. The highest BCUT2D eigenvalue weighted by Crippen LogP contribution is 2.12. The minimum absolute atomic E-state index is 0.690. The number of aromatic amines is 1. The van der Waals surface area contributed by atoms with Crippen LogP contribution in [0.25, 0.3) is 11.2 Å². The SMILES string of the molecule is C=CCn1c(=S)[nH]c2ccc(C)nc21. The van der Waals surface area contributed by atoms with Crippen LogP contribution in [0.4, 0.5) is 0 Å². The van der Waals surface area contributed by atoms with Crippen LogP contribution in [0.3, 0.4) is 0 Å². The average molecular weight is 205 g/mol. The summed E-state index contributed by atoms with van der Waals surface area (Å²) in [5.74, 6) is 0. The van der Waals surface area contributed by atoms with Crippen LogP contribution < -0.4 is 0 Å². The van der Waals surface area contributed by atoms with Gasteiger partial charge in [0, 0.05) is 12.2 Å². The molecule has 3 nitrogen and oxygen atoms in total. The molecule has 0 aliphatic rings. The third-order valence-electron chi connectivity index (χ3n) is 2.07.